The van der Waals surface area contributed by atoms with Crippen LogP contribution in [0.5, 0.6) is 5.75 Å². The molecule has 0 bridgehead atoms. The molecule has 2 aromatic rings. The second-order valence-electron chi connectivity index (χ2n) is 9.64. The van der Waals surface area contributed by atoms with Gasteiger partial charge in [-0.2, -0.15) is 0 Å². The van der Waals surface area contributed by atoms with E-state index in [0.29, 0.717) is 6.61 Å². The van der Waals surface area contributed by atoms with Crippen LogP contribution in [0.25, 0.3) is 0 Å². The summed E-state index contributed by atoms with van der Waals surface area (Å²) in [7, 11) is 2.11. The number of hydrogen-bond acceptors (Lipinski definition) is 4. The molecule has 172 valence electrons. The third-order valence-corrected chi connectivity index (χ3v) is 7.44. The molecular weight excluding hydrogens is 402 g/mol. The molecule has 1 N–H and O–H groups in total. The molecule has 0 aromatic heterocycles. The smallest absolute Gasteiger partial charge is 0.122 e. The first kappa shape index (κ1) is 25.6. The molecule has 0 aliphatic carbocycles. The molecule has 31 heavy (non-hydrogen) atoms. The van der Waals surface area contributed by atoms with Crippen LogP contribution in [-0.4, -0.2) is 31.1 Å². The lowest BCUT2D eigenvalue weighted by atomic mass is 9.70. The first-order valence-corrected chi connectivity index (χ1v) is 12.5. The topological polar surface area (TPSA) is 32.7 Å². The van der Waals surface area contributed by atoms with Gasteiger partial charge >= 0.3 is 0 Å². The average Bonchev–Trinajstić information content (AvgIpc) is 2.73. The summed E-state index contributed by atoms with van der Waals surface area (Å²) in [5.74, 6) is 0.848. The van der Waals surface area contributed by atoms with Gasteiger partial charge in [0.1, 0.15) is 12.4 Å². The molecular formula is C27H41NO2S. The molecule has 0 aliphatic rings. The lowest BCUT2D eigenvalue weighted by molar-refractivity contribution is 0.0216. The Kier molecular flexibility index (Phi) is 8.52. The van der Waals surface area contributed by atoms with Crippen molar-refractivity contribution in [2.24, 2.45) is 5.41 Å². The number of benzene rings is 2. The largest absolute Gasteiger partial charge is 0.491 e. The minimum Gasteiger partial charge on any atom is -0.491 e. The Morgan fingerprint density at radius 1 is 0.968 bits per heavy atom. The second-order valence-corrected chi connectivity index (χ2v) is 10.6. The predicted octanol–water partition coefficient (Wildman–Crippen LogP) is 6.91. The molecule has 1 atom stereocenters. The van der Waals surface area contributed by atoms with Crippen molar-refractivity contribution in [3.05, 3.63) is 58.7 Å². The number of aliphatic hydroxyl groups is 1. The highest BCUT2D eigenvalue weighted by Crippen LogP contribution is 2.42. The fraction of sp³-hybridized carbons (Fsp3) is 0.556. The SMILES string of the molecule is CCC(CC)(c1ccc(OCC(O)C(C)(C)C)c(C)c1)c1ccc(N(C)SC)c(C)c1. The molecule has 0 radical (unpaired) electrons. The zero-order valence-corrected chi connectivity index (χ0v) is 21.7. The third-order valence-electron chi connectivity index (χ3n) is 6.69. The monoisotopic (exact) mass is 443 g/mol. The van der Waals surface area contributed by atoms with Crippen LogP contribution >= 0.6 is 11.9 Å². The van der Waals surface area contributed by atoms with Crippen molar-refractivity contribution in [3.8, 4) is 5.75 Å². The minimum atomic E-state index is -0.502. The number of anilines is 1. The van der Waals surface area contributed by atoms with E-state index >= 15 is 0 Å². The molecule has 0 heterocycles. The standard InChI is InChI=1S/C27H41NO2S/c1-10-27(11-2,21-12-14-23(19(3)16-21)28(8)31-9)22-13-15-24(20(4)17-22)30-18-25(29)26(5,6)7/h12-17,25,29H,10-11,18H2,1-9H3. The van der Waals surface area contributed by atoms with Crippen molar-refractivity contribution in [2.75, 3.05) is 24.2 Å². The fourth-order valence-corrected chi connectivity index (χ4v) is 4.57. The minimum absolute atomic E-state index is 0.0323. The van der Waals surface area contributed by atoms with E-state index in [0.717, 1.165) is 24.2 Å². The number of hydrogen-bond donors (Lipinski definition) is 1. The van der Waals surface area contributed by atoms with Crippen LogP contribution in [0.15, 0.2) is 36.4 Å². The molecule has 3 nitrogen and oxygen atoms in total. The fourth-order valence-electron chi connectivity index (χ4n) is 4.17. The quantitative estimate of drug-likeness (QED) is 0.427. The van der Waals surface area contributed by atoms with Crippen LogP contribution in [0.2, 0.25) is 0 Å². The van der Waals surface area contributed by atoms with Crippen LogP contribution in [0.4, 0.5) is 5.69 Å². The second kappa shape index (κ2) is 10.3. The van der Waals surface area contributed by atoms with Gasteiger partial charge in [-0.1, -0.05) is 70.8 Å². The Balaban J connectivity index is 2.38. The summed E-state index contributed by atoms with van der Waals surface area (Å²) in [5.41, 5.74) is 6.13. The summed E-state index contributed by atoms with van der Waals surface area (Å²) in [6, 6.07) is 13.4. The van der Waals surface area contributed by atoms with Gasteiger partial charge in [-0.05, 0) is 66.5 Å². The molecule has 1 unspecified atom stereocenters. The van der Waals surface area contributed by atoms with Crippen LogP contribution in [-0.2, 0) is 5.41 Å². The van der Waals surface area contributed by atoms with Crippen molar-refractivity contribution in [3.63, 3.8) is 0 Å². The van der Waals surface area contributed by atoms with Gasteiger partial charge in [0.15, 0.2) is 0 Å². The molecule has 4 heteroatoms. The van der Waals surface area contributed by atoms with Crippen LogP contribution in [0.1, 0.15) is 69.7 Å². The van der Waals surface area contributed by atoms with Gasteiger partial charge in [0.25, 0.3) is 0 Å². The molecule has 0 amide bonds. The highest BCUT2D eigenvalue weighted by atomic mass is 32.2. The average molecular weight is 444 g/mol. The van der Waals surface area contributed by atoms with E-state index in [9.17, 15) is 5.11 Å². The summed E-state index contributed by atoms with van der Waals surface area (Å²) >= 11 is 1.73. The summed E-state index contributed by atoms with van der Waals surface area (Å²) in [5, 5.41) is 10.3. The molecule has 0 aliphatic heterocycles. The number of ether oxygens (including phenoxy) is 1. The summed E-state index contributed by atoms with van der Waals surface area (Å²) in [6.07, 6.45) is 3.66. The lowest BCUT2D eigenvalue weighted by Crippen LogP contribution is -2.32. The third kappa shape index (κ3) is 5.59. The first-order chi connectivity index (χ1) is 14.5. The van der Waals surface area contributed by atoms with Crippen molar-refractivity contribution in [2.45, 2.75) is 72.8 Å². The van der Waals surface area contributed by atoms with E-state index < -0.39 is 6.10 Å². The van der Waals surface area contributed by atoms with Crippen molar-refractivity contribution in [1.82, 2.24) is 0 Å². The highest BCUT2D eigenvalue weighted by Gasteiger charge is 2.32. The van der Waals surface area contributed by atoms with Crippen LogP contribution in [0, 0.1) is 19.3 Å². The maximum absolute atomic E-state index is 10.3. The van der Waals surface area contributed by atoms with Crippen LogP contribution in [0.3, 0.4) is 0 Å². The number of aryl methyl sites for hydroxylation is 2. The van der Waals surface area contributed by atoms with Crippen molar-refractivity contribution < 1.29 is 9.84 Å². The maximum Gasteiger partial charge on any atom is 0.122 e. The summed E-state index contributed by atoms with van der Waals surface area (Å²) in [6.45, 7) is 15.2. The lowest BCUT2D eigenvalue weighted by Gasteiger charge is -2.35. The van der Waals surface area contributed by atoms with E-state index in [4.69, 9.17) is 4.74 Å². The van der Waals surface area contributed by atoms with Crippen LogP contribution < -0.4 is 9.04 Å². The van der Waals surface area contributed by atoms with E-state index in [2.05, 4.69) is 81.7 Å². The van der Waals surface area contributed by atoms with E-state index in [-0.39, 0.29) is 10.8 Å². The number of rotatable bonds is 9. The Labute approximate surface area is 194 Å². The molecule has 2 aromatic carbocycles. The Hall–Kier alpha value is -1.65. The van der Waals surface area contributed by atoms with Gasteiger partial charge in [-0.25, -0.2) is 0 Å². The first-order valence-electron chi connectivity index (χ1n) is 11.3. The molecule has 2 rings (SSSR count). The Morgan fingerprint density at radius 3 is 1.97 bits per heavy atom. The normalized spacial score (nSPS) is 13.2. The Morgan fingerprint density at radius 2 is 1.52 bits per heavy atom. The molecule has 0 saturated carbocycles. The zero-order chi connectivity index (χ0) is 23.4. The van der Waals surface area contributed by atoms with Gasteiger partial charge in [0.05, 0.1) is 6.10 Å². The van der Waals surface area contributed by atoms with Gasteiger partial charge in [0.2, 0.25) is 0 Å². The van der Waals surface area contributed by atoms with E-state index in [1.807, 2.05) is 20.8 Å². The van der Waals surface area contributed by atoms with Gasteiger partial charge in [0, 0.05) is 24.4 Å². The number of aliphatic hydroxyl groups excluding tert-OH is 1. The summed E-state index contributed by atoms with van der Waals surface area (Å²) in [4.78, 5) is 0. The highest BCUT2D eigenvalue weighted by molar-refractivity contribution is 7.99. The molecule has 0 fully saturated rings. The molecule has 0 saturated heterocycles. The summed E-state index contributed by atoms with van der Waals surface area (Å²) < 4.78 is 8.19. The number of nitrogens with zero attached hydrogens (tertiary/aromatic N) is 1. The maximum atomic E-state index is 10.3. The zero-order valence-electron chi connectivity index (χ0n) is 20.9. The van der Waals surface area contributed by atoms with Gasteiger partial charge in [-0.3, -0.25) is 0 Å². The van der Waals surface area contributed by atoms with Crippen molar-refractivity contribution in [1.29, 1.82) is 0 Å². The van der Waals surface area contributed by atoms with E-state index in [1.54, 1.807) is 11.9 Å². The molecule has 0 spiro atoms. The van der Waals surface area contributed by atoms with Crippen molar-refractivity contribution >= 4 is 17.6 Å². The van der Waals surface area contributed by atoms with Gasteiger partial charge in [-0.15, -0.1) is 0 Å². The predicted molar refractivity (Wildman–Crippen MR) is 137 cm³/mol. The van der Waals surface area contributed by atoms with E-state index in [1.165, 1.54) is 22.4 Å². The Bertz CT molecular complexity index is 868. The van der Waals surface area contributed by atoms with Gasteiger partial charge < -0.3 is 14.1 Å².